The summed E-state index contributed by atoms with van der Waals surface area (Å²) < 4.78 is 0. The molecule has 2 saturated heterocycles. The molecular formula is C14H24N2O2. The average molecular weight is 252 g/mol. The van der Waals surface area contributed by atoms with Crippen molar-refractivity contribution in [1.29, 1.82) is 0 Å². The standard InChI is InChI=1S/C14H24N2O2/c1-9-12(17)15-8-6-7-11(15)13(18)16(9)10(2)14(3,4)5/h9-11H,6-8H2,1-5H3. The van der Waals surface area contributed by atoms with Crippen molar-refractivity contribution in [3.63, 3.8) is 0 Å². The molecule has 2 aliphatic rings. The topological polar surface area (TPSA) is 40.6 Å². The van der Waals surface area contributed by atoms with Crippen molar-refractivity contribution in [2.75, 3.05) is 6.54 Å². The zero-order valence-electron chi connectivity index (χ0n) is 12.1. The fraction of sp³-hybridized carbons (Fsp3) is 0.857. The molecule has 0 aromatic carbocycles. The second kappa shape index (κ2) is 4.25. The largest absolute Gasteiger partial charge is 0.329 e. The molecule has 18 heavy (non-hydrogen) atoms. The molecule has 0 saturated carbocycles. The van der Waals surface area contributed by atoms with E-state index in [4.69, 9.17) is 0 Å². The van der Waals surface area contributed by atoms with E-state index in [2.05, 4.69) is 20.8 Å². The number of amides is 2. The van der Waals surface area contributed by atoms with E-state index < -0.39 is 0 Å². The third-order valence-corrected chi connectivity index (χ3v) is 4.52. The molecule has 0 spiro atoms. The van der Waals surface area contributed by atoms with Gasteiger partial charge >= 0.3 is 0 Å². The predicted molar refractivity (Wildman–Crippen MR) is 70.0 cm³/mol. The fourth-order valence-electron chi connectivity index (χ4n) is 2.95. The summed E-state index contributed by atoms with van der Waals surface area (Å²) in [6.07, 6.45) is 1.78. The molecule has 0 aromatic rings. The Kier molecular flexibility index (Phi) is 3.16. The second-order valence-electron chi connectivity index (χ2n) is 6.65. The van der Waals surface area contributed by atoms with Crippen molar-refractivity contribution >= 4 is 11.8 Å². The minimum absolute atomic E-state index is 0.00895. The molecule has 4 heteroatoms. The van der Waals surface area contributed by atoms with Crippen LogP contribution in [0.25, 0.3) is 0 Å². The van der Waals surface area contributed by atoms with Crippen LogP contribution in [0.3, 0.4) is 0 Å². The summed E-state index contributed by atoms with van der Waals surface area (Å²) in [5.74, 6) is 0.259. The highest BCUT2D eigenvalue weighted by atomic mass is 16.2. The molecular weight excluding hydrogens is 228 g/mol. The molecule has 3 unspecified atom stereocenters. The lowest BCUT2D eigenvalue weighted by atomic mass is 9.85. The van der Waals surface area contributed by atoms with Crippen molar-refractivity contribution in [1.82, 2.24) is 9.80 Å². The summed E-state index contributed by atoms with van der Waals surface area (Å²) >= 11 is 0. The number of fused-ring (bicyclic) bond motifs is 1. The lowest BCUT2D eigenvalue weighted by Crippen LogP contribution is -2.65. The van der Waals surface area contributed by atoms with E-state index in [1.54, 1.807) is 4.90 Å². The SMILES string of the molecule is CC1C(=O)N2CCCC2C(=O)N1C(C)C(C)(C)C. The van der Waals surface area contributed by atoms with Gasteiger partial charge < -0.3 is 9.80 Å². The first-order chi connectivity index (χ1) is 8.25. The van der Waals surface area contributed by atoms with Crippen LogP contribution >= 0.6 is 0 Å². The molecule has 0 N–H and O–H groups in total. The second-order valence-corrected chi connectivity index (χ2v) is 6.65. The molecule has 102 valence electrons. The number of rotatable bonds is 1. The summed E-state index contributed by atoms with van der Waals surface area (Å²) in [5.41, 5.74) is -0.00895. The maximum Gasteiger partial charge on any atom is 0.246 e. The Morgan fingerprint density at radius 1 is 1.22 bits per heavy atom. The van der Waals surface area contributed by atoms with Gasteiger partial charge in [-0.1, -0.05) is 20.8 Å². The Labute approximate surface area is 109 Å². The quantitative estimate of drug-likeness (QED) is 0.712. The molecule has 0 aromatic heterocycles. The highest BCUT2D eigenvalue weighted by Gasteiger charge is 2.48. The summed E-state index contributed by atoms with van der Waals surface area (Å²) in [7, 11) is 0. The van der Waals surface area contributed by atoms with Crippen LogP contribution in [0.15, 0.2) is 0 Å². The Bertz CT molecular complexity index is 372. The van der Waals surface area contributed by atoms with Crippen molar-refractivity contribution in [3.05, 3.63) is 0 Å². The molecule has 0 aliphatic carbocycles. The smallest absolute Gasteiger partial charge is 0.246 e. The van der Waals surface area contributed by atoms with Gasteiger partial charge in [0.15, 0.2) is 0 Å². The van der Waals surface area contributed by atoms with Crippen molar-refractivity contribution in [2.45, 2.75) is 65.6 Å². The van der Waals surface area contributed by atoms with Gasteiger partial charge in [0.25, 0.3) is 0 Å². The minimum Gasteiger partial charge on any atom is -0.329 e. The van der Waals surface area contributed by atoms with Crippen molar-refractivity contribution in [3.8, 4) is 0 Å². The first-order valence-corrected chi connectivity index (χ1v) is 6.88. The van der Waals surface area contributed by atoms with Crippen LogP contribution in [-0.2, 0) is 9.59 Å². The zero-order valence-corrected chi connectivity index (χ0v) is 12.1. The zero-order chi connectivity index (χ0) is 13.7. The van der Waals surface area contributed by atoms with Crippen LogP contribution in [0.1, 0.15) is 47.5 Å². The minimum atomic E-state index is -0.318. The lowest BCUT2D eigenvalue weighted by Gasteiger charge is -2.47. The van der Waals surface area contributed by atoms with E-state index in [-0.39, 0.29) is 35.4 Å². The number of carbonyl (C=O) groups is 2. The molecule has 3 atom stereocenters. The van der Waals surface area contributed by atoms with Gasteiger partial charge in [-0.05, 0) is 32.1 Å². The monoisotopic (exact) mass is 252 g/mol. The van der Waals surface area contributed by atoms with Gasteiger partial charge in [-0.15, -0.1) is 0 Å². The fourth-order valence-corrected chi connectivity index (χ4v) is 2.95. The maximum absolute atomic E-state index is 12.6. The highest BCUT2D eigenvalue weighted by molar-refractivity contribution is 5.97. The number of carbonyl (C=O) groups excluding carboxylic acids is 2. The van der Waals surface area contributed by atoms with E-state index in [9.17, 15) is 9.59 Å². The van der Waals surface area contributed by atoms with E-state index in [1.807, 2.05) is 18.7 Å². The van der Waals surface area contributed by atoms with Crippen LogP contribution in [0.4, 0.5) is 0 Å². The van der Waals surface area contributed by atoms with Gasteiger partial charge in [0.1, 0.15) is 12.1 Å². The summed E-state index contributed by atoms with van der Waals surface area (Å²) in [6, 6.07) is -0.439. The maximum atomic E-state index is 12.6. The van der Waals surface area contributed by atoms with Crippen molar-refractivity contribution in [2.24, 2.45) is 5.41 Å². The third-order valence-electron chi connectivity index (χ3n) is 4.52. The van der Waals surface area contributed by atoms with Crippen LogP contribution in [0.5, 0.6) is 0 Å². The predicted octanol–water partition coefficient (Wildman–Crippen LogP) is 1.64. The Morgan fingerprint density at radius 3 is 2.39 bits per heavy atom. The molecule has 2 heterocycles. The van der Waals surface area contributed by atoms with Gasteiger partial charge in [0.05, 0.1) is 0 Å². The summed E-state index contributed by atoms with van der Waals surface area (Å²) in [4.78, 5) is 28.5. The first-order valence-electron chi connectivity index (χ1n) is 6.88. The van der Waals surface area contributed by atoms with Crippen molar-refractivity contribution < 1.29 is 9.59 Å². The normalized spacial score (nSPS) is 30.7. The number of nitrogens with zero attached hydrogens (tertiary/aromatic N) is 2. The van der Waals surface area contributed by atoms with Gasteiger partial charge in [0.2, 0.25) is 11.8 Å². The molecule has 2 fully saturated rings. The third kappa shape index (κ3) is 1.91. The molecule has 0 radical (unpaired) electrons. The van der Waals surface area contributed by atoms with E-state index in [1.165, 1.54) is 0 Å². The van der Waals surface area contributed by atoms with E-state index in [0.717, 1.165) is 19.4 Å². The van der Waals surface area contributed by atoms with Gasteiger partial charge in [-0.25, -0.2) is 0 Å². The van der Waals surface area contributed by atoms with E-state index >= 15 is 0 Å². The molecule has 4 nitrogen and oxygen atoms in total. The van der Waals surface area contributed by atoms with Crippen LogP contribution in [0.2, 0.25) is 0 Å². The molecule has 0 bridgehead atoms. The molecule has 2 aliphatic heterocycles. The lowest BCUT2D eigenvalue weighted by molar-refractivity contribution is -0.163. The summed E-state index contributed by atoms with van der Waals surface area (Å²) in [5, 5.41) is 0. The Hall–Kier alpha value is -1.06. The first kappa shape index (κ1) is 13.4. The Balaban J connectivity index is 2.30. The number of hydrogen-bond acceptors (Lipinski definition) is 2. The van der Waals surface area contributed by atoms with Gasteiger partial charge in [0, 0.05) is 12.6 Å². The number of hydrogen-bond donors (Lipinski definition) is 0. The molecule has 2 rings (SSSR count). The molecule has 2 amide bonds. The van der Waals surface area contributed by atoms with Gasteiger partial charge in [-0.3, -0.25) is 9.59 Å². The van der Waals surface area contributed by atoms with Gasteiger partial charge in [-0.2, -0.15) is 0 Å². The van der Waals surface area contributed by atoms with Crippen LogP contribution in [0, 0.1) is 5.41 Å². The summed E-state index contributed by atoms with van der Waals surface area (Å²) in [6.45, 7) is 11.0. The number of piperazine rings is 1. The Morgan fingerprint density at radius 2 is 1.83 bits per heavy atom. The highest BCUT2D eigenvalue weighted by Crippen LogP contribution is 2.33. The van der Waals surface area contributed by atoms with Crippen LogP contribution in [-0.4, -0.2) is 46.3 Å². The average Bonchev–Trinajstić information content (AvgIpc) is 2.74. The van der Waals surface area contributed by atoms with E-state index in [0.29, 0.717) is 0 Å². The van der Waals surface area contributed by atoms with Crippen LogP contribution < -0.4 is 0 Å².